The highest BCUT2D eigenvalue weighted by atomic mass is 16.5. The molecule has 0 aliphatic rings. The summed E-state index contributed by atoms with van der Waals surface area (Å²) in [4.78, 5) is 22.9. The lowest BCUT2D eigenvalue weighted by molar-refractivity contribution is -0.130. The van der Waals surface area contributed by atoms with Crippen LogP contribution in [0.5, 0.6) is 0 Å². The molecule has 0 unspecified atom stereocenters. The number of allylic oxidation sites excluding steroid dienone is 4. The smallest absolute Gasteiger partial charge is 0.140 e. The molecule has 106 valence electrons. The van der Waals surface area contributed by atoms with E-state index in [1.807, 2.05) is 26.8 Å². The lowest BCUT2D eigenvalue weighted by atomic mass is 9.89. The van der Waals surface area contributed by atoms with Gasteiger partial charge in [-0.3, -0.25) is 9.59 Å². The van der Waals surface area contributed by atoms with Crippen LogP contribution < -0.4 is 0 Å². The van der Waals surface area contributed by atoms with Crippen LogP contribution in [0, 0.1) is 5.92 Å². The van der Waals surface area contributed by atoms with Gasteiger partial charge in [-0.15, -0.1) is 0 Å². The second kappa shape index (κ2) is 7.72. The zero-order valence-electron chi connectivity index (χ0n) is 12.8. The van der Waals surface area contributed by atoms with E-state index in [1.165, 1.54) is 13.8 Å². The van der Waals surface area contributed by atoms with E-state index in [2.05, 4.69) is 6.58 Å². The molecule has 0 amide bonds. The van der Waals surface area contributed by atoms with E-state index < -0.39 is 5.92 Å². The molecule has 0 aromatic heterocycles. The standard InChI is InChI=1S/C16H24O3/c1-8-10(2)16(19-7)12(4)11(3)9-15(13(5)17)14(6)18/h8,15H,3,9H2,1-2,4-7H3/b10-8-,16-12+. The van der Waals surface area contributed by atoms with E-state index in [1.54, 1.807) is 7.11 Å². The predicted octanol–water partition coefficient (Wildman–Crippen LogP) is 3.61. The number of hydrogen-bond acceptors (Lipinski definition) is 3. The molecule has 0 heterocycles. The minimum Gasteiger partial charge on any atom is -0.496 e. The normalized spacial score (nSPS) is 13.1. The second-order valence-electron chi connectivity index (χ2n) is 4.71. The monoisotopic (exact) mass is 264 g/mol. The minimum absolute atomic E-state index is 0.122. The van der Waals surface area contributed by atoms with E-state index in [0.29, 0.717) is 6.42 Å². The molecule has 0 saturated heterocycles. The largest absolute Gasteiger partial charge is 0.496 e. The molecule has 0 atom stereocenters. The molecule has 0 bridgehead atoms. The number of methoxy groups -OCH3 is 1. The summed E-state index contributed by atoms with van der Waals surface area (Å²) in [6.07, 6.45) is 2.30. The zero-order valence-corrected chi connectivity index (χ0v) is 12.8. The molecular formula is C16H24O3. The maximum absolute atomic E-state index is 11.5. The Labute approximate surface area is 116 Å². The summed E-state index contributed by atoms with van der Waals surface area (Å²) in [5.74, 6) is -0.101. The quantitative estimate of drug-likeness (QED) is 0.401. The van der Waals surface area contributed by atoms with Crippen LogP contribution in [-0.2, 0) is 14.3 Å². The summed E-state index contributed by atoms with van der Waals surface area (Å²) in [6, 6.07) is 0. The highest BCUT2D eigenvalue weighted by molar-refractivity contribution is 6.00. The molecular weight excluding hydrogens is 240 g/mol. The molecule has 3 nitrogen and oxygen atoms in total. The summed E-state index contributed by atoms with van der Waals surface area (Å²) < 4.78 is 5.37. The third-order valence-corrected chi connectivity index (χ3v) is 3.30. The van der Waals surface area contributed by atoms with Crippen molar-refractivity contribution in [3.05, 3.63) is 35.1 Å². The van der Waals surface area contributed by atoms with Gasteiger partial charge in [0.15, 0.2) is 0 Å². The molecule has 0 aliphatic heterocycles. The van der Waals surface area contributed by atoms with Crippen molar-refractivity contribution in [2.24, 2.45) is 5.92 Å². The third kappa shape index (κ3) is 4.86. The molecule has 0 rings (SSSR count). The first-order valence-electron chi connectivity index (χ1n) is 6.33. The summed E-state index contributed by atoms with van der Waals surface area (Å²) in [5, 5.41) is 0. The molecule has 3 heteroatoms. The SMILES string of the molecule is C=C(CC(C(C)=O)C(C)=O)/C(C)=C(OC)\C(C)=C/C. The Bertz CT molecular complexity index is 425. The van der Waals surface area contributed by atoms with E-state index in [9.17, 15) is 9.59 Å². The van der Waals surface area contributed by atoms with Crippen LogP contribution in [-0.4, -0.2) is 18.7 Å². The minimum atomic E-state index is -0.605. The molecule has 0 spiro atoms. The van der Waals surface area contributed by atoms with Crippen molar-refractivity contribution in [2.45, 2.75) is 41.0 Å². The van der Waals surface area contributed by atoms with E-state index >= 15 is 0 Å². The van der Waals surface area contributed by atoms with Gasteiger partial charge in [-0.2, -0.15) is 0 Å². The zero-order chi connectivity index (χ0) is 15.2. The Balaban J connectivity index is 5.26. The van der Waals surface area contributed by atoms with Gasteiger partial charge in [0.05, 0.1) is 13.0 Å². The van der Waals surface area contributed by atoms with Crippen molar-refractivity contribution >= 4 is 11.6 Å². The van der Waals surface area contributed by atoms with Gasteiger partial charge >= 0.3 is 0 Å². The Morgan fingerprint density at radius 3 is 1.95 bits per heavy atom. The Kier molecular flexibility index (Phi) is 7.05. The first kappa shape index (κ1) is 17.4. The molecule has 0 aliphatic carbocycles. The lowest BCUT2D eigenvalue weighted by Gasteiger charge is -2.16. The van der Waals surface area contributed by atoms with Crippen molar-refractivity contribution in [2.75, 3.05) is 7.11 Å². The van der Waals surface area contributed by atoms with Crippen LogP contribution >= 0.6 is 0 Å². The first-order chi connectivity index (χ1) is 8.76. The fraction of sp³-hybridized carbons (Fsp3) is 0.500. The van der Waals surface area contributed by atoms with Crippen molar-refractivity contribution in [1.82, 2.24) is 0 Å². The maximum Gasteiger partial charge on any atom is 0.140 e. The van der Waals surface area contributed by atoms with Crippen molar-refractivity contribution in [1.29, 1.82) is 0 Å². The number of hydrogen-bond donors (Lipinski definition) is 0. The number of rotatable bonds is 7. The molecule has 0 aromatic rings. The average Bonchev–Trinajstić information content (AvgIpc) is 2.34. The summed E-state index contributed by atoms with van der Waals surface area (Å²) in [7, 11) is 1.60. The first-order valence-corrected chi connectivity index (χ1v) is 6.33. The van der Waals surface area contributed by atoms with Crippen LogP contribution in [0.4, 0.5) is 0 Å². The summed E-state index contributed by atoms with van der Waals surface area (Å²) in [5.41, 5.74) is 2.64. The molecule has 0 radical (unpaired) electrons. The third-order valence-electron chi connectivity index (χ3n) is 3.30. The fourth-order valence-corrected chi connectivity index (χ4v) is 1.87. The topological polar surface area (TPSA) is 43.4 Å². The van der Waals surface area contributed by atoms with Crippen molar-refractivity contribution in [3.63, 3.8) is 0 Å². The number of carbonyl (C=O) groups is 2. The second-order valence-corrected chi connectivity index (χ2v) is 4.71. The fourth-order valence-electron chi connectivity index (χ4n) is 1.87. The number of ketones is 2. The van der Waals surface area contributed by atoms with E-state index in [-0.39, 0.29) is 11.6 Å². The van der Waals surface area contributed by atoms with Gasteiger partial charge in [0.25, 0.3) is 0 Å². The van der Waals surface area contributed by atoms with Crippen LogP contribution in [0.2, 0.25) is 0 Å². The molecule has 19 heavy (non-hydrogen) atoms. The number of carbonyl (C=O) groups excluding carboxylic acids is 2. The van der Waals surface area contributed by atoms with Gasteiger partial charge in [-0.25, -0.2) is 0 Å². The molecule has 0 saturated carbocycles. The maximum atomic E-state index is 11.5. The van der Waals surface area contributed by atoms with Gasteiger partial charge in [0.1, 0.15) is 17.3 Å². The van der Waals surface area contributed by atoms with Gasteiger partial charge in [0.2, 0.25) is 0 Å². The van der Waals surface area contributed by atoms with Gasteiger partial charge in [-0.1, -0.05) is 12.7 Å². The number of Topliss-reactive ketones (excluding diaryl/α,β-unsaturated/α-hetero) is 2. The van der Waals surface area contributed by atoms with E-state index in [4.69, 9.17) is 4.74 Å². The van der Waals surface area contributed by atoms with Gasteiger partial charge in [0, 0.05) is 0 Å². The van der Waals surface area contributed by atoms with Crippen LogP contribution in [0.3, 0.4) is 0 Å². The van der Waals surface area contributed by atoms with Gasteiger partial charge in [-0.05, 0) is 57.8 Å². The van der Waals surface area contributed by atoms with Crippen LogP contribution in [0.15, 0.2) is 35.1 Å². The average molecular weight is 264 g/mol. The van der Waals surface area contributed by atoms with Crippen LogP contribution in [0.25, 0.3) is 0 Å². The van der Waals surface area contributed by atoms with Crippen LogP contribution in [0.1, 0.15) is 41.0 Å². The molecule has 0 fully saturated rings. The Morgan fingerprint density at radius 1 is 1.16 bits per heavy atom. The predicted molar refractivity (Wildman–Crippen MR) is 77.7 cm³/mol. The number of ether oxygens (including phenoxy) is 1. The highest BCUT2D eigenvalue weighted by Crippen LogP contribution is 2.25. The van der Waals surface area contributed by atoms with Crippen molar-refractivity contribution < 1.29 is 14.3 Å². The van der Waals surface area contributed by atoms with Crippen molar-refractivity contribution in [3.8, 4) is 0 Å². The summed E-state index contributed by atoms with van der Waals surface area (Å²) in [6.45, 7) is 12.6. The Hall–Kier alpha value is -1.64. The van der Waals surface area contributed by atoms with E-state index in [0.717, 1.165) is 22.5 Å². The molecule has 0 aromatic carbocycles. The highest BCUT2D eigenvalue weighted by Gasteiger charge is 2.21. The lowest BCUT2D eigenvalue weighted by Crippen LogP contribution is -2.20. The Morgan fingerprint density at radius 2 is 1.63 bits per heavy atom. The van der Waals surface area contributed by atoms with Gasteiger partial charge < -0.3 is 4.74 Å². The summed E-state index contributed by atoms with van der Waals surface area (Å²) >= 11 is 0. The molecule has 0 N–H and O–H groups in total.